The number of nitrogens with one attached hydrogen (secondary N) is 2. The van der Waals surface area contributed by atoms with Crippen molar-refractivity contribution in [3.05, 3.63) is 81.3 Å². The lowest BCUT2D eigenvalue weighted by molar-refractivity contribution is -0.118. The van der Waals surface area contributed by atoms with Crippen LogP contribution in [0.4, 0.5) is 11.4 Å². The number of benzene rings is 3. The third kappa shape index (κ3) is 4.95. The van der Waals surface area contributed by atoms with Crippen LogP contribution in [-0.4, -0.2) is 25.5 Å². The molecule has 3 aromatic carbocycles. The van der Waals surface area contributed by atoms with Gasteiger partial charge in [-0.25, -0.2) is 0 Å². The van der Waals surface area contributed by atoms with E-state index in [1.165, 1.54) is 7.11 Å². The number of anilines is 2. The largest absolute Gasteiger partial charge is 0.493 e. The minimum Gasteiger partial charge on any atom is -0.493 e. The number of hydrogen-bond donors (Lipinski definition) is 2. The van der Waals surface area contributed by atoms with Crippen LogP contribution >= 0.6 is 27.5 Å². The van der Waals surface area contributed by atoms with E-state index in [1.54, 1.807) is 54.6 Å². The average Bonchev–Trinajstić information content (AvgIpc) is 3.08. The molecule has 162 valence electrons. The molecule has 4 rings (SSSR count). The van der Waals surface area contributed by atoms with Crippen molar-refractivity contribution >= 4 is 62.4 Å². The molecular weight excluding hydrogens is 496 g/mol. The van der Waals surface area contributed by atoms with E-state index in [0.717, 1.165) is 15.6 Å². The maximum Gasteiger partial charge on any atom is 0.262 e. The molecule has 0 spiro atoms. The van der Waals surface area contributed by atoms with E-state index in [0.29, 0.717) is 33.5 Å². The molecule has 0 atom stereocenters. The molecule has 2 N–H and O–H groups in total. The van der Waals surface area contributed by atoms with E-state index < -0.39 is 0 Å². The molecule has 0 aromatic heterocycles. The molecular formula is C24H18BrClN2O4. The fourth-order valence-electron chi connectivity index (χ4n) is 3.24. The van der Waals surface area contributed by atoms with Gasteiger partial charge in [-0.1, -0.05) is 33.6 Å². The highest BCUT2D eigenvalue weighted by Crippen LogP contribution is 2.36. The zero-order chi connectivity index (χ0) is 22.7. The molecule has 2 amide bonds. The van der Waals surface area contributed by atoms with E-state index >= 15 is 0 Å². The number of carbonyl (C=O) groups is 2. The number of carbonyl (C=O) groups excluding carboxylic acids is 2. The summed E-state index contributed by atoms with van der Waals surface area (Å²) in [7, 11) is 1.51. The second-order valence-electron chi connectivity index (χ2n) is 6.96. The van der Waals surface area contributed by atoms with Crippen molar-refractivity contribution in [2.45, 2.75) is 0 Å². The Morgan fingerprint density at radius 2 is 1.88 bits per heavy atom. The van der Waals surface area contributed by atoms with Gasteiger partial charge in [0.15, 0.2) is 18.1 Å². The van der Waals surface area contributed by atoms with Crippen molar-refractivity contribution in [3.8, 4) is 11.5 Å². The van der Waals surface area contributed by atoms with Crippen LogP contribution in [0.2, 0.25) is 5.02 Å². The summed E-state index contributed by atoms with van der Waals surface area (Å²) < 4.78 is 12.0. The van der Waals surface area contributed by atoms with Gasteiger partial charge in [-0.05, 0) is 66.2 Å². The maximum absolute atomic E-state index is 12.4. The predicted octanol–water partition coefficient (Wildman–Crippen LogP) is 5.62. The van der Waals surface area contributed by atoms with Crippen LogP contribution in [-0.2, 0) is 9.59 Å². The summed E-state index contributed by atoms with van der Waals surface area (Å²) in [6, 6.07) is 17.7. The van der Waals surface area contributed by atoms with Gasteiger partial charge in [0.25, 0.3) is 11.8 Å². The van der Waals surface area contributed by atoms with Crippen molar-refractivity contribution in [3.63, 3.8) is 0 Å². The Kier molecular flexibility index (Phi) is 6.48. The lowest BCUT2D eigenvalue weighted by atomic mass is 10.0. The second kappa shape index (κ2) is 9.46. The van der Waals surface area contributed by atoms with Gasteiger partial charge in [0.1, 0.15) is 0 Å². The Labute approximate surface area is 198 Å². The summed E-state index contributed by atoms with van der Waals surface area (Å²) in [6.45, 7) is -0.179. The number of rotatable bonds is 6. The average molecular weight is 514 g/mol. The van der Waals surface area contributed by atoms with Crippen LogP contribution in [0.1, 0.15) is 11.1 Å². The lowest BCUT2D eigenvalue weighted by Gasteiger charge is -2.12. The third-order valence-corrected chi connectivity index (χ3v) is 5.51. The standard InChI is InChI=1S/C24H18BrClN2O4/c1-31-22-11-14(10-19-18-12-16(26)5-8-20(18)28-24(19)30)2-9-21(22)32-13-23(29)27-17-6-3-15(25)4-7-17/h2-12H,13H2,1H3,(H,27,29)(H,28,30)/b19-10+. The molecule has 0 aliphatic carbocycles. The highest BCUT2D eigenvalue weighted by molar-refractivity contribution is 9.10. The van der Waals surface area contributed by atoms with Gasteiger partial charge in [0.05, 0.1) is 7.11 Å². The number of halogens is 2. The highest BCUT2D eigenvalue weighted by atomic mass is 79.9. The molecule has 0 saturated heterocycles. The first-order valence-corrected chi connectivity index (χ1v) is 10.8. The number of methoxy groups -OCH3 is 1. The Hall–Kier alpha value is -3.29. The minimum atomic E-state index is -0.295. The second-order valence-corrected chi connectivity index (χ2v) is 8.31. The summed E-state index contributed by atoms with van der Waals surface area (Å²) in [4.78, 5) is 24.6. The summed E-state index contributed by atoms with van der Waals surface area (Å²) >= 11 is 9.44. The Morgan fingerprint density at radius 3 is 2.62 bits per heavy atom. The fourth-order valence-corrected chi connectivity index (χ4v) is 3.67. The molecule has 0 saturated carbocycles. The van der Waals surface area contributed by atoms with Gasteiger partial charge in [-0.3, -0.25) is 9.59 Å². The smallest absolute Gasteiger partial charge is 0.262 e. The lowest BCUT2D eigenvalue weighted by Crippen LogP contribution is -2.20. The van der Waals surface area contributed by atoms with Gasteiger partial charge >= 0.3 is 0 Å². The van der Waals surface area contributed by atoms with Crippen molar-refractivity contribution in [2.75, 3.05) is 24.4 Å². The fraction of sp³-hybridized carbons (Fsp3) is 0.0833. The zero-order valence-electron chi connectivity index (χ0n) is 16.9. The summed E-state index contributed by atoms with van der Waals surface area (Å²) in [6.07, 6.45) is 1.75. The number of fused-ring (bicyclic) bond motifs is 1. The topological polar surface area (TPSA) is 76.7 Å². The number of hydrogen-bond acceptors (Lipinski definition) is 4. The van der Waals surface area contributed by atoms with E-state index in [4.69, 9.17) is 21.1 Å². The van der Waals surface area contributed by atoms with E-state index in [1.807, 2.05) is 12.1 Å². The summed E-state index contributed by atoms with van der Waals surface area (Å²) in [5.74, 6) is 0.364. The van der Waals surface area contributed by atoms with Crippen LogP contribution in [0, 0.1) is 0 Å². The zero-order valence-corrected chi connectivity index (χ0v) is 19.3. The van der Waals surface area contributed by atoms with Crippen molar-refractivity contribution in [1.82, 2.24) is 0 Å². The third-order valence-electron chi connectivity index (χ3n) is 4.75. The van der Waals surface area contributed by atoms with E-state index in [2.05, 4.69) is 26.6 Å². The molecule has 3 aromatic rings. The van der Waals surface area contributed by atoms with Crippen molar-refractivity contribution in [1.29, 1.82) is 0 Å². The quantitative estimate of drug-likeness (QED) is 0.419. The van der Waals surface area contributed by atoms with Gasteiger partial charge < -0.3 is 20.1 Å². The molecule has 32 heavy (non-hydrogen) atoms. The van der Waals surface area contributed by atoms with Crippen LogP contribution in [0.25, 0.3) is 11.6 Å². The van der Waals surface area contributed by atoms with E-state index in [9.17, 15) is 9.59 Å². The van der Waals surface area contributed by atoms with Crippen LogP contribution in [0.3, 0.4) is 0 Å². The summed E-state index contributed by atoms with van der Waals surface area (Å²) in [5, 5.41) is 6.14. The molecule has 1 aliphatic rings. The normalized spacial score (nSPS) is 13.5. The SMILES string of the molecule is COc1cc(/C=C2/C(=O)Nc3ccc(Cl)cc32)ccc1OCC(=O)Nc1ccc(Br)cc1. The van der Waals surface area contributed by atoms with Crippen molar-refractivity contribution in [2.24, 2.45) is 0 Å². The Balaban J connectivity index is 1.48. The first-order valence-electron chi connectivity index (χ1n) is 9.62. The minimum absolute atomic E-state index is 0.179. The molecule has 8 heteroatoms. The molecule has 1 heterocycles. The Bertz CT molecular complexity index is 1230. The number of ether oxygens (including phenoxy) is 2. The van der Waals surface area contributed by atoms with Gasteiger partial charge in [-0.2, -0.15) is 0 Å². The molecule has 0 radical (unpaired) electrons. The van der Waals surface area contributed by atoms with Crippen LogP contribution in [0.5, 0.6) is 11.5 Å². The number of amides is 2. The van der Waals surface area contributed by atoms with Gasteiger partial charge in [0.2, 0.25) is 0 Å². The molecule has 0 fully saturated rings. The molecule has 6 nitrogen and oxygen atoms in total. The monoisotopic (exact) mass is 512 g/mol. The van der Waals surface area contributed by atoms with Gasteiger partial charge in [-0.15, -0.1) is 0 Å². The first kappa shape index (κ1) is 21.9. The van der Waals surface area contributed by atoms with Crippen molar-refractivity contribution < 1.29 is 19.1 Å². The predicted molar refractivity (Wildman–Crippen MR) is 129 cm³/mol. The van der Waals surface area contributed by atoms with Crippen LogP contribution in [0.15, 0.2) is 65.1 Å². The van der Waals surface area contributed by atoms with Crippen LogP contribution < -0.4 is 20.1 Å². The van der Waals surface area contributed by atoms with Gasteiger partial charge in [0, 0.05) is 32.0 Å². The first-order chi connectivity index (χ1) is 15.4. The highest BCUT2D eigenvalue weighted by Gasteiger charge is 2.24. The molecule has 0 bridgehead atoms. The Morgan fingerprint density at radius 1 is 1.09 bits per heavy atom. The molecule has 1 aliphatic heterocycles. The van der Waals surface area contributed by atoms with E-state index in [-0.39, 0.29) is 18.4 Å². The maximum atomic E-state index is 12.4. The molecule has 0 unspecified atom stereocenters. The summed E-state index contributed by atoms with van der Waals surface area (Å²) in [5.41, 5.74) is 3.38.